The van der Waals surface area contributed by atoms with Gasteiger partial charge in [0.25, 0.3) is 0 Å². The van der Waals surface area contributed by atoms with E-state index >= 15 is 0 Å². The van der Waals surface area contributed by atoms with Crippen LogP contribution >= 0.6 is 11.6 Å². The van der Waals surface area contributed by atoms with Crippen LogP contribution in [0.15, 0.2) is 41.2 Å². The first-order valence-corrected chi connectivity index (χ1v) is 9.33. The quantitative estimate of drug-likeness (QED) is 0.549. The van der Waals surface area contributed by atoms with Crippen LogP contribution in [0, 0.1) is 6.92 Å². The number of aromatic amines is 1. The lowest BCUT2D eigenvalue weighted by Gasteiger charge is -2.25. The van der Waals surface area contributed by atoms with E-state index in [9.17, 15) is 14.7 Å². The van der Waals surface area contributed by atoms with Gasteiger partial charge in [0.15, 0.2) is 0 Å². The van der Waals surface area contributed by atoms with Crippen molar-refractivity contribution in [2.75, 3.05) is 0 Å². The van der Waals surface area contributed by atoms with E-state index in [1.54, 1.807) is 13.0 Å². The fraction of sp³-hybridized carbons (Fsp3) is 0.286. The van der Waals surface area contributed by atoms with Crippen molar-refractivity contribution in [3.8, 4) is 0 Å². The summed E-state index contributed by atoms with van der Waals surface area (Å²) < 4.78 is 0. The highest BCUT2D eigenvalue weighted by atomic mass is 35.5. The van der Waals surface area contributed by atoms with Crippen molar-refractivity contribution >= 4 is 28.5 Å². The fourth-order valence-electron chi connectivity index (χ4n) is 3.42. The third-order valence-electron chi connectivity index (χ3n) is 5.06. The summed E-state index contributed by atoms with van der Waals surface area (Å²) in [6.45, 7) is 3.62. The van der Waals surface area contributed by atoms with E-state index in [1.165, 1.54) is 6.07 Å². The van der Waals surface area contributed by atoms with E-state index in [2.05, 4.69) is 9.97 Å². The molecule has 0 aliphatic rings. The van der Waals surface area contributed by atoms with Gasteiger partial charge in [-0.15, -0.1) is 0 Å². The Hall–Kier alpha value is -2.70. The Kier molecular flexibility index (Phi) is 5.54. The maximum atomic E-state index is 12.2. The molecule has 0 aliphatic heterocycles. The first-order valence-electron chi connectivity index (χ1n) is 8.95. The number of fused-ring (bicyclic) bond motifs is 1. The summed E-state index contributed by atoms with van der Waals surface area (Å²) in [6, 6.07) is 10.5. The lowest BCUT2D eigenvalue weighted by Crippen LogP contribution is -2.30. The number of aryl methyl sites for hydroxylation is 1. The number of halogens is 1. The van der Waals surface area contributed by atoms with E-state index in [0.717, 1.165) is 22.0 Å². The van der Waals surface area contributed by atoms with Crippen molar-refractivity contribution in [2.24, 2.45) is 0 Å². The van der Waals surface area contributed by atoms with Crippen molar-refractivity contribution in [2.45, 2.75) is 38.7 Å². The first kappa shape index (κ1) is 20.0. The number of H-pyrrole nitrogens is 1. The molecule has 1 aromatic carbocycles. The molecular formula is C21H21ClN2O4. The SMILES string of the molecule is CCC(O)(CC(=O)O)c1cc(Cc2c(Cl)nc3ccccc3c2C)[nH]c(=O)c1. The summed E-state index contributed by atoms with van der Waals surface area (Å²) in [5, 5.41) is 21.2. The van der Waals surface area contributed by atoms with Crippen molar-refractivity contribution in [3.63, 3.8) is 0 Å². The summed E-state index contributed by atoms with van der Waals surface area (Å²) in [5.41, 5.74) is 1.30. The number of aromatic nitrogens is 2. The summed E-state index contributed by atoms with van der Waals surface area (Å²) in [7, 11) is 0. The average molecular weight is 401 g/mol. The molecule has 2 heterocycles. The minimum Gasteiger partial charge on any atom is -0.481 e. The number of hydrogen-bond acceptors (Lipinski definition) is 4. The Balaban J connectivity index is 2.07. The van der Waals surface area contributed by atoms with Gasteiger partial charge in [0.2, 0.25) is 5.56 Å². The van der Waals surface area contributed by atoms with Crippen molar-refractivity contribution in [1.82, 2.24) is 9.97 Å². The van der Waals surface area contributed by atoms with Gasteiger partial charge < -0.3 is 15.2 Å². The van der Waals surface area contributed by atoms with Crippen LogP contribution in [0.1, 0.15) is 42.1 Å². The van der Waals surface area contributed by atoms with Crippen molar-refractivity contribution < 1.29 is 15.0 Å². The minimum absolute atomic E-state index is 0.166. The van der Waals surface area contributed by atoms with Crippen LogP contribution in [0.25, 0.3) is 10.9 Å². The van der Waals surface area contributed by atoms with Crippen LogP contribution in [0.5, 0.6) is 0 Å². The zero-order valence-corrected chi connectivity index (χ0v) is 16.4. The number of carbonyl (C=O) groups is 1. The molecule has 0 radical (unpaired) electrons. The number of aliphatic hydroxyl groups is 1. The van der Waals surface area contributed by atoms with Crippen LogP contribution in [-0.2, 0) is 16.8 Å². The number of benzene rings is 1. The summed E-state index contributed by atoms with van der Waals surface area (Å²) >= 11 is 6.39. The topological polar surface area (TPSA) is 103 Å². The number of rotatable bonds is 6. The molecule has 6 nitrogen and oxygen atoms in total. The number of pyridine rings is 2. The maximum absolute atomic E-state index is 12.2. The third kappa shape index (κ3) is 3.93. The van der Waals surface area contributed by atoms with E-state index in [-0.39, 0.29) is 12.0 Å². The first-order chi connectivity index (χ1) is 13.2. The number of nitrogens with zero attached hydrogens (tertiary/aromatic N) is 1. The maximum Gasteiger partial charge on any atom is 0.306 e. The Morgan fingerprint density at radius 3 is 2.68 bits per heavy atom. The zero-order chi connectivity index (χ0) is 20.5. The smallest absolute Gasteiger partial charge is 0.306 e. The molecule has 0 saturated heterocycles. The normalized spacial score (nSPS) is 13.4. The molecule has 3 N–H and O–H groups in total. The summed E-state index contributed by atoms with van der Waals surface area (Å²) in [5.74, 6) is -1.14. The Morgan fingerprint density at radius 1 is 1.29 bits per heavy atom. The van der Waals surface area contributed by atoms with Gasteiger partial charge in [0.05, 0.1) is 11.9 Å². The van der Waals surface area contributed by atoms with Crippen LogP contribution in [0.4, 0.5) is 0 Å². The molecule has 28 heavy (non-hydrogen) atoms. The van der Waals surface area contributed by atoms with Crippen LogP contribution in [-0.4, -0.2) is 26.2 Å². The summed E-state index contributed by atoms with van der Waals surface area (Å²) in [6.07, 6.45) is -0.0122. The van der Waals surface area contributed by atoms with Gasteiger partial charge in [-0.05, 0) is 42.2 Å². The molecule has 0 spiro atoms. The lowest BCUT2D eigenvalue weighted by atomic mass is 9.87. The van der Waals surface area contributed by atoms with Crippen LogP contribution < -0.4 is 5.56 Å². The second kappa shape index (κ2) is 7.73. The number of nitrogens with one attached hydrogen (secondary N) is 1. The second-order valence-corrected chi connectivity index (χ2v) is 7.27. The third-order valence-corrected chi connectivity index (χ3v) is 5.37. The van der Waals surface area contributed by atoms with Crippen LogP contribution in [0.2, 0.25) is 5.15 Å². The molecule has 1 unspecified atom stereocenters. The molecule has 2 aromatic heterocycles. The largest absolute Gasteiger partial charge is 0.481 e. The molecule has 3 aromatic rings. The highest BCUT2D eigenvalue weighted by Crippen LogP contribution is 2.30. The van der Waals surface area contributed by atoms with E-state index in [1.807, 2.05) is 31.2 Å². The fourth-order valence-corrected chi connectivity index (χ4v) is 3.72. The second-order valence-electron chi connectivity index (χ2n) is 6.91. The van der Waals surface area contributed by atoms with Crippen molar-refractivity contribution in [3.05, 3.63) is 74.3 Å². The van der Waals surface area contributed by atoms with Gasteiger partial charge in [-0.2, -0.15) is 0 Å². The number of carboxylic acids is 1. The van der Waals surface area contributed by atoms with Gasteiger partial charge in [0, 0.05) is 23.6 Å². The molecule has 1 atom stereocenters. The van der Waals surface area contributed by atoms with Gasteiger partial charge in [-0.1, -0.05) is 36.7 Å². The number of para-hydroxylation sites is 1. The van der Waals surface area contributed by atoms with Gasteiger partial charge in [-0.25, -0.2) is 4.98 Å². The molecule has 0 saturated carbocycles. The van der Waals surface area contributed by atoms with Gasteiger partial charge >= 0.3 is 5.97 Å². The molecular weight excluding hydrogens is 380 g/mol. The summed E-state index contributed by atoms with van der Waals surface area (Å²) in [4.78, 5) is 30.5. The monoisotopic (exact) mass is 400 g/mol. The number of hydrogen-bond donors (Lipinski definition) is 3. The molecule has 0 fully saturated rings. The zero-order valence-electron chi connectivity index (χ0n) is 15.6. The van der Waals surface area contributed by atoms with E-state index in [0.29, 0.717) is 17.3 Å². The molecule has 7 heteroatoms. The van der Waals surface area contributed by atoms with Gasteiger partial charge in [0.1, 0.15) is 10.8 Å². The van der Waals surface area contributed by atoms with Crippen LogP contribution in [0.3, 0.4) is 0 Å². The predicted octanol–water partition coefficient (Wildman–Crippen LogP) is 3.55. The Morgan fingerprint density at radius 2 is 2.00 bits per heavy atom. The van der Waals surface area contributed by atoms with E-state index in [4.69, 9.17) is 16.7 Å². The van der Waals surface area contributed by atoms with Crippen molar-refractivity contribution in [1.29, 1.82) is 0 Å². The molecule has 0 aliphatic carbocycles. The standard InChI is InChI=1S/C21H21ClN2O4/c1-3-21(28,11-19(26)27)13-8-14(23-18(25)9-13)10-16-12(2)15-6-4-5-7-17(15)24-20(16)22/h4-9,28H,3,10-11H2,1-2H3,(H,23,25)(H,26,27). The lowest BCUT2D eigenvalue weighted by molar-refractivity contribution is -0.143. The number of aliphatic carboxylic acids is 1. The predicted molar refractivity (Wildman–Crippen MR) is 108 cm³/mol. The molecule has 146 valence electrons. The molecule has 3 rings (SSSR count). The highest BCUT2D eigenvalue weighted by molar-refractivity contribution is 6.30. The average Bonchev–Trinajstić information content (AvgIpc) is 2.64. The Bertz CT molecular complexity index is 1110. The van der Waals surface area contributed by atoms with E-state index < -0.39 is 23.6 Å². The highest BCUT2D eigenvalue weighted by Gasteiger charge is 2.31. The number of carboxylic acid groups (broad SMARTS) is 1. The minimum atomic E-state index is -1.62. The Labute approximate surface area is 166 Å². The van der Waals surface area contributed by atoms with Gasteiger partial charge in [-0.3, -0.25) is 9.59 Å². The molecule has 0 amide bonds. The molecule has 0 bridgehead atoms.